The standard InChI is InChI=1S/C14H15ClN4O3S/c15-13-12(9-17-18-14(13)20)16-8-10-3-1-4-11(7-10)19-5-2-6-23(19,21)22/h1,3-4,7,9H,2,5-6,8H2,(H2,16,18,20). The van der Waals surface area contributed by atoms with E-state index in [4.69, 9.17) is 11.6 Å². The van der Waals surface area contributed by atoms with E-state index >= 15 is 0 Å². The number of hydrogen-bond acceptors (Lipinski definition) is 5. The third-order valence-electron chi connectivity index (χ3n) is 3.58. The summed E-state index contributed by atoms with van der Waals surface area (Å²) < 4.78 is 25.4. The van der Waals surface area contributed by atoms with Gasteiger partial charge >= 0.3 is 0 Å². The highest BCUT2D eigenvalue weighted by atomic mass is 35.5. The molecule has 0 bridgehead atoms. The van der Waals surface area contributed by atoms with Gasteiger partial charge in [-0.1, -0.05) is 23.7 Å². The normalized spacial score (nSPS) is 16.5. The molecular weight excluding hydrogens is 340 g/mol. The van der Waals surface area contributed by atoms with Gasteiger partial charge in [-0.3, -0.25) is 9.10 Å². The lowest BCUT2D eigenvalue weighted by Crippen LogP contribution is -2.25. The van der Waals surface area contributed by atoms with Crippen molar-refractivity contribution in [1.82, 2.24) is 10.2 Å². The fraction of sp³-hybridized carbons (Fsp3) is 0.286. The van der Waals surface area contributed by atoms with Crippen LogP contribution in [-0.4, -0.2) is 30.9 Å². The summed E-state index contributed by atoms with van der Waals surface area (Å²) in [4.78, 5) is 11.4. The van der Waals surface area contributed by atoms with Gasteiger partial charge in [0.1, 0.15) is 5.02 Å². The zero-order valence-electron chi connectivity index (χ0n) is 12.1. The van der Waals surface area contributed by atoms with Crippen LogP contribution in [0.5, 0.6) is 0 Å². The summed E-state index contributed by atoms with van der Waals surface area (Å²) in [7, 11) is -3.20. The third-order valence-corrected chi connectivity index (χ3v) is 5.82. The van der Waals surface area contributed by atoms with E-state index in [-0.39, 0.29) is 10.8 Å². The van der Waals surface area contributed by atoms with E-state index in [1.54, 1.807) is 12.1 Å². The van der Waals surface area contributed by atoms with Crippen molar-refractivity contribution in [2.24, 2.45) is 0 Å². The van der Waals surface area contributed by atoms with E-state index in [9.17, 15) is 13.2 Å². The zero-order chi connectivity index (χ0) is 16.4. The van der Waals surface area contributed by atoms with Crippen molar-refractivity contribution in [1.29, 1.82) is 0 Å². The van der Waals surface area contributed by atoms with Crippen LogP contribution in [-0.2, 0) is 16.6 Å². The smallest absolute Gasteiger partial charge is 0.285 e. The molecule has 0 radical (unpaired) electrons. The Bertz CT molecular complexity index is 882. The first-order valence-electron chi connectivity index (χ1n) is 7.04. The number of sulfonamides is 1. The molecule has 0 amide bonds. The van der Waals surface area contributed by atoms with Crippen LogP contribution in [0.1, 0.15) is 12.0 Å². The van der Waals surface area contributed by atoms with Crippen LogP contribution in [0.3, 0.4) is 0 Å². The number of rotatable bonds is 4. The molecule has 1 aliphatic heterocycles. The predicted octanol–water partition coefficient (Wildman–Crippen LogP) is 1.58. The van der Waals surface area contributed by atoms with E-state index in [1.165, 1.54) is 10.5 Å². The van der Waals surface area contributed by atoms with Gasteiger partial charge in [-0.05, 0) is 24.1 Å². The lowest BCUT2D eigenvalue weighted by atomic mass is 10.2. The first kappa shape index (κ1) is 15.8. The van der Waals surface area contributed by atoms with Crippen LogP contribution in [0, 0.1) is 0 Å². The average molecular weight is 355 g/mol. The van der Waals surface area contributed by atoms with Gasteiger partial charge in [-0.25, -0.2) is 13.5 Å². The number of nitrogens with zero attached hydrogens (tertiary/aromatic N) is 2. The molecule has 1 aliphatic rings. The Morgan fingerprint density at radius 1 is 1.39 bits per heavy atom. The average Bonchev–Trinajstić information content (AvgIpc) is 2.88. The number of nitrogens with one attached hydrogen (secondary N) is 2. The highest BCUT2D eigenvalue weighted by Crippen LogP contribution is 2.25. The molecule has 1 fully saturated rings. The predicted molar refractivity (Wildman–Crippen MR) is 89.4 cm³/mol. The Morgan fingerprint density at radius 3 is 2.96 bits per heavy atom. The number of aromatic amines is 1. The van der Waals surface area contributed by atoms with Crippen LogP contribution >= 0.6 is 11.6 Å². The minimum absolute atomic E-state index is 0.0401. The Balaban J connectivity index is 1.78. The lowest BCUT2D eigenvalue weighted by Gasteiger charge is -2.18. The van der Waals surface area contributed by atoms with Crippen LogP contribution < -0.4 is 15.2 Å². The van der Waals surface area contributed by atoms with Gasteiger partial charge in [0.25, 0.3) is 5.56 Å². The van der Waals surface area contributed by atoms with Gasteiger partial charge < -0.3 is 5.32 Å². The number of benzene rings is 1. The maximum atomic E-state index is 12.0. The second kappa shape index (κ2) is 6.21. The van der Waals surface area contributed by atoms with Gasteiger partial charge in [0.05, 0.1) is 23.3 Å². The number of hydrogen-bond donors (Lipinski definition) is 2. The highest BCUT2D eigenvalue weighted by Gasteiger charge is 2.28. The number of anilines is 2. The maximum Gasteiger partial charge on any atom is 0.285 e. The largest absolute Gasteiger partial charge is 0.378 e. The van der Waals surface area contributed by atoms with Crippen LogP contribution in [0.4, 0.5) is 11.4 Å². The molecule has 2 aromatic rings. The highest BCUT2D eigenvalue weighted by molar-refractivity contribution is 7.93. The molecule has 9 heteroatoms. The Kier molecular flexibility index (Phi) is 4.27. The molecule has 122 valence electrons. The van der Waals surface area contributed by atoms with Gasteiger partial charge in [0, 0.05) is 13.1 Å². The van der Waals surface area contributed by atoms with Gasteiger partial charge in [0.2, 0.25) is 10.0 Å². The molecule has 3 rings (SSSR count). The SMILES string of the molecule is O=c1[nH]ncc(NCc2cccc(N3CCCS3(=O)=O)c2)c1Cl. The minimum atomic E-state index is -3.20. The molecule has 2 heterocycles. The molecule has 2 N–H and O–H groups in total. The lowest BCUT2D eigenvalue weighted by molar-refractivity contribution is 0.599. The molecular formula is C14H15ClN4O3S. The molecule has 23 heavy (non-hydrogen) atoms. The maximum absolute atomic E-state index is 12.0. The molecule has 0 aliphatic carbocycles. The summed E-state index contributed by atoms with van der Waals surface area (Å²) >= 11 is 5.90. The summed E-state index contributed by atoms with van der Waals surface area (Å²) in [5, 5.41) is 8.99. The third kappa shape index (κ3) is 3.32. The molecule has 0 unspecified atom stereocenters. The minimum Gasteiger partial charge on any atom is -0.378 e. The number of halogens is 1. The summed E-state index contributed by atoms with van der Waals surface area (Å²) in [6.45, 7) is 0.898. The van der Waals surface area contributed by atoms with Crippen LogP contribution in [0.15, 0.2) is 35.3 Å². The molecule has 1 aromatic heterocycles. The van der Waals surface area contributed by atoms with Crippen molar-refractivity contribution in [3.05, 3.63) is 51.4 Å². The molecule has 7 nitrogen and oxygen atoms in total. The van der Waals surface area contributed by atoms with Crippen LogP contribution in [0.25, 0.3) is 0 Å². The van der Waals surface area contributed by atoms with E-state index in [0.717, 1.165) is 5.56 Å². The van der Waals surface area contributed by atoms with Gasteiger partial charge in [-0.15, -0.1) is 0 Å². The Labute approximate surface area is 138 Å². The first-order valence-corrected chi connectivity index (χ1v) is 9.02. The molecule has 1 aromatic carbocycles. The van der Waals surface area contributed by atoms with E-state index in [0.29, 0.717) is 30.9 Å². The van der Waals surface area contributed by atoms with Crippen molar-refractivity contribution >= 4 is 33.0 Å². The number of aromatic nitrogens is 2. The topological polar surface area (TPSA) is 95.2 Å². The fourth-order valence-corrected chi connectivity index (χ4v) is 4.17. The summed E-state index contributed by atoms with van der Waals surface area (Å²) in [5.41, 5.74) is 1.49. The van der Waals surface area contributed by atoms with Crippen molar-refractivity contribution in [3.8, 4) is 0 Å². The molecule has 0 spiro atoms. The monoisotopic (exact) mass is 354 g/mol. The van der Waals surface area contributed by atoms with Gasteiger partial charge in [-0.2, -0.15) is 5.10 Å². The summed E-state index contributed by atoms with van der Waals surface area (Å²) in [5.74, 6) is 0.184. The number of H-pyrrole nitrogens is 1. The van der Waals surface area contributed by atoms with Crippen molar-refractivity contribution in [2.45, 2.75) is 13.0 Å². The van der Waals surface area contributed by atoms with Gasteiger partial charge in [0.15, 0.2) is 0 Å². The molecule has 0 saturated carbocycles. The van der Waals surface area contributed by atoms with Crippen LogP contribution in [0.2, 0.25) is 5.02 Å². The van der Waals surface area contributed by atoms with Crippen molar-refractivity contribution in [3.63, 3.8) is 0 Å². The quantitative estimate of drug-likeness (QED) is 0.869. The second-order valence-electron chi connectivity index (χ2n) is 5.19. The molecule has 1 saturated heterocycles. The van der Waals surface area contributed by atoms with E-state index < -0.39 is 15.6 Å². The Hall–Kier alpha value is -2.06. The first-order chi connectivity index (χ1) is 11.0. The Morgan fingerprint density at radius 2 is 2.22 bits per heavy atom. The molecule has 0 atom stereocenters. The summed E-state index contributed by atoms with van der Waals surface area (Å²) in [6, 6.07) is 7.25. The second-order valence-corrected chi connectivity index (χ2v) is 7.58. The van der Waals surface area contributed by atoms with Crippen molar-refractivity contribution in [2.75, 3.05) is 21.9 Å². The van der Waals surface area contributed by atoms with E-state index in [2.05, 4.69) is 15.5 Å². The zero-order valence-corrected chi connectivity index (χ0v) is 13.7. The van der Waals surface area contributed by atoms with Crippen molar-refractivity contribution < 1.29 is 8.42 Å². The summed E-state index contributed by atoms with van der Waals surface area (Å²) in [6.07, 6.45) is 2.07. The van der Waals surface area contributed by atoms with E-state index in [1.807, 2.05) is 12.1 Å². The fourth-order valence-electron chi connectivity index (χ4n) is 2.46.